The fraction of sp³-hybridized carbons (Fsp3) is 0.333. The van der Waals surface area contributed by atoms with E-state index in [0.29, 0.717) is 11.7 Å². The van der Waals surface area contributed by atoms with Gasteiger partial charge in [0.05, 0.1) is 15.0 Å². The molecule has 6 heteroatoms. The highest BCUT2D eigenvalue weighted by atomic mass is 127. The van der Waals surface area contributed by atoms with Crippen molar-refractivity contribution in [3.05, 3.63) is 45.2 Å². The van der Waals surface area contributed by atoms with Crippen LogP contribution in [0, 0.1) is 9.39 Å². The summed E-state index contributed by atoms with van der Waals surface area (Å²) in [5.74, 6) is 2.35. The predicted molar refractivity (Wildman–Crippen MR) is 94.3 cm³/mol. The van der Waals surface area contributed by atoms with Crippen LogP contribution in [0.2, 0.25) is 0 Å². The molecule has 0 fully saturated rings. The van der Waals surface area contributed by atoms with Crippen LogP contribution >= 0.6 is 34.4 Å². The fourth-order valence-electron chi connectivity index (χ4n) is 1.83. The van der Waals surface area contributed by atoms with E-state index >= 15 is 0 Å². The normalized spacial score (nSPS) is 11.0. The molecule has 0 saturated heterocycles. The molecule has 0 radical (unpaired) electrons. The Morgan fingerprint density at radius 1 is 1.33 bits per heavy atom. The molecular formula is C15H17FIN3S. The van der Waals surface area contributed by atoms with Gasteiger partial charge in [-0.05, 0) is 46.7 Å². The molecule has 0 unspecified atom stereocenters. The van der Waals surface area contributed by atoms with Crippen LogP contribution < -0.4 is 5.32 Å². The van der Waals surface area contributed by atoms with E-state index in [1.807, 2.05) is 13.1 Å². The molecule has 3 nitrogen and oxygen atoms in total. The Balaban J connectivity index is 2.22. The van der Waals surface area contributed by atoms with Crippen molar-refractivity contribution in [2.75, 3.05) is 12.4 Å². The van der Waals surface area contributed by atoms with Gasteiger partial charge in [0.25, 0.3) is 0 Å². The Kier molecular flexibility index (Phi) is 5.80. The van der Waals surface area contributed by atoms with Gasteiger partial charge >= 0.3 is 0 Å². The van der Waals surface area contributed by atoms with Crippen LogP contribution in [0.25, 0.3) is 0 Å². The van der Waals surface area contributed by atoms with Crippen molar-refractivity contribution in [2.24, 2.45) is 0 Å². The Labute approximate surface area is 142 Å². The quantitative estimate of drug-likeness (QED) is 0.567. The fourth-order valence-corrected chi connectivity index (χ4v) is 3.76. The van der Waals surface area contributed by atoms with Crippen LogP contribution in [-0.4, -0.2) is 17.0 Å². The van der Waals surface area contributed by atoms with Crippen molar-refractivity contribution < 1.29 is 4.39 Å². The third-order valence-electron chi connectivity index (χ3n) is 2.87. The maximum Gasteiger partial charge on any atom is 0.143 e. The summed E-state index contributed by atoms with van der Waals surface area (Å²) in [5.41, 5.74) is 1.05. The molecule has 2 rings (SSSR count). The SMILES string of the molecule is CNc1nc(CSc2cccc(F)c2)nc(C(C)C)c1I. The molecule has 0 aliphatic rings. The molecular weight excluding hydrogens is 400 g/mol. The van der Waals surface area contributed by atoms with E-state index in [9.17, 15) is 4.39 Å². The summed E-state index contributed by atoms with van der Waals surface area (Å²) in [6.07, 6.45) is 0. The molecule has 0 spiro atoms. The Bertz CT molecular complexity index is 634. The number of benzene rings is 1. The minimum Gasteiger partial charge on any atom is -0.372 e. The van der Waals surface area contributed by atoms with Gasteiger partial charge in [-0.2, -0.15) is 0 Å². The van der Waals surface area contributed by atoms with Crippen molar-refractivity contribution in [1.29, 1.82) is 0 Å². The van der Waals surface area contributed by atoms with E-state index < -0.39 is 0 Å². The summed E-state index contributed by atoms with van der Waals surface area (Å²) in [5, 5.41) is 3.11. The van der Waals surface area contributed by atoms with Crippen LogP contribution in [0.1, 0.15) is 31.3 Å². The lowest BCUT2D eigenvalue weighted by molar-refractivity contribution is 0.624. The molecule has 1 N–H and O–H groups in total. The molecule has 0 atom stereocenters. The first-order valence-electron chi connectivity index (χ1n) is 6.63. The lowest BCUT2D eigenvalue weighted by Gasteiger charge is -2.13. The highest BCUT2D eigenvalue weighted by molar-refractivity contribution is 14.1. The van der Waals surface area contributed by atoms with E-state index in [1.54, 1.807) is 6.07 Å². The largest absolute Gasteiger partial charge is 0.372 e. The van der Waals surface area contributed by atoms with Gasteiger partial charge in [0.2, 0.25) is 0 Å². The average Bonchev–Trinajstić information content (AvgIpc) is 2.46. The summed E-state index contributed by atoms with van der Waals surface area (Å²) in [4.78, 5) is 10.1. The smallest absolute Gasteiger partial charge is 0.143 e. The molecule has 21 heavy (non-hydrogen) atoms. The second kappa shape index (κ2) is 7.40. The van der Waals surface area contributed by atoms with Gasteiger partial charge in [-0.25, -0.2) is 14.4 Å². The zero-order valence-corrected chi connectivity index (χ0v) is 15.1. The number of hydrogen-bond acceptors (Lipinski definition) is 4. The van der Waals surface area contributed by atoms with Gasteiger partial charge < -0.3 is 5.32 Å². The first-order valence-corrected chi connectivity index (χ1v) is 8.70. The first-order chi connectivity index (χ1) is 10.0. The molecule has 0 aliphatic carbocycles. The number of nitrogens with one attached hydrogen (secondary N) is 1. The van der Waals surface area contributed by atoms with Gasteiger partial charge in [0.1, 0.15) is 17.5 Å². The average molecular weight is 417 g/mol. The maximum absolute atomic E-state index is 13.2. The van der Waals surface area contributed by atoms with E-state index in [0.717, 1.165) is 25.8 Å². The lowest BCUT2D eigenvalue weighted by Crippen LogP contribution is -2.08. The van der Waals surface area contributed by atoms with Gasteiger partial charge in [-0.1, -0.05) is 19.9 Å². The number of thioether (sulfide) groups is 1. The summed E-state index contributed by atoms with van der Waals surface area (Å²) in [7, 11) is 1.86. The lowest BCUT2D eigenvalue weighted by atomic mass is 10.1. The molecule has 0 bridgehead atoms. The number of hydrogen-bond donors (Lipinski definition) is 1. The predicted octanol–water partition coefficient (Wildman–Crippen LogP) is 4.68. The Morgan fingerprint density at radius 3 is 2.71 bits per heavy atom. The number of nitrogens with zero attached hydrogens (tertiary/aromatic N) is 2. The third kappa shape index (κ3) is 4.29. The second-order valence-electron chi connectivity index (χ2n) is 4.84. The Hall–Kier alpha value is -0.890. The minimum absolute atomic E-state index is 0.220. The summed E-state index contributed by atoms with van der Waals surface area (Å²) in [6, 6.07) is 6.58. The zero-order chi connectivity index (χ0) is 15.4. The topological polar surface area (TPSA) is 37.8 Å². The zero-order valence-electron chi connectivity index (χ0n) is 12.2. The van der Waals surface area contributed by atoms with Crippen molar-refractivity contribution in [2.45, 2.75) is 30.4 Å². The van der Waals surface area contributed by atoms with Gasteiger partial charge in [-0.15, -0.1) is 11.8 Å². The van der Waals surface area contributed by atoms with Gasteiger partial charge in [-0.3, -0.25) is 0 Å². The number of aromatic nitrogens is 2. The number of anilines is 1. The van der Waals surface area contributed by atoms with E-state index in [2.05, 4.69) is 51.7 Å². The summed E-state index contributed by atoms with van der Waals surface area (Å²) in [6.45, 7) is 4.24. The molecule has 0 amide bonds. The van der Waals surface area contributed by atoms with Crippen LogP contribution in [0.4, 0.5) is 10.2 Å². The summed E-state index contributed by atoms with van der Waals surface area (Å²) < 4.78 is 14.2. The van der Waals surface area contributed by atoms with Gasteiger partial charge in [0, 0.05) is 11.9 Å². The molecule has 2 aromatic rings. The van der Waals surface area contributed by atoms with E-state index in [1.165, 1.54) is 23.9 Å². The second-order valence-corrected chi connectivity index (χ2v) is 6.97. The highest BCUT2D eigenvalue weighted by Gasteiger charge is 2.14. The van der Waals surface area contributed by atoms with Crippen LogP contribution in [0.3, 0.4) is 0 Å². The molecule has 1 heterocycles. The molecule has 0 aliphatic heterocycles. The highest BCUT2D eigenvalue weighted by Crippen LogP contribution is 2.27. The number of rotatable bonds is 5. The van der Waals surface area contributed by atoms with Crippen LogP contribution in [-0.2, 0) is 5.75 Å². The molecule has 112 valence electrons. The van der Waals surface area contributed by atoms with Crippen molar-refractivity contribution in [1.82, 2.24) is 9.97 Å². The van der Waals surface area contributed by atoms with Crippen LogP contribution in [0.15, 0.2) is 29.2 Å². The van der Waals surface area contributed by atoms with Crippen molar-refractivity contribution >= 4 is 40.2 Å². The molecule has 0 saturated carbocycles. The number of halogens is 2. The third-order valence-corrected chi connectivity index (χ3v) is 4.92. The Morgan fingerprint density at radius 2 is 2.10 bits per heavy atom. The van der Waals surface area contributed by atoms with Gasteiger partial charge in [0.15, 0.2) is 0 Å². The minimum atomic E-state index is -0.220. The monoisotopic (exact) mass is 417 g/mol. The van der Waals surface area contributed by atoms with Crippen molar-refractivity contribution in [3.8, 4) is 0 Å². The summed E-state index contributed by atoms with van der Waals surface area (Å²) >= 11 is 3.81. The molecule has 1 aromatic heterocycles. The van der Waals surface area contributed by atoms with Crippen molar-refractivity contribution in [3.63, 3.8) is 0 Å². The maximum atomic E-state index is 13.2. The molecule has 1 aromatic carbocycles. The van der Waals surface area contributed by atoms with E-state index in [-0.39, 0.29) is 5.82 Å². The standard InChI is InChI=1S/C15H17FIN3S/c1-9(2)14-13(17)15(18-3)20-12(19-14)8-21-11-6-4-5-10(16)7-11/h4-7,9H,8H2,1-3H3,(H,18,19,20). The van der Waals surface area contributed by atoms with E-state index in [4.69, 9.17) is 0 Å². The van der Waals surface area contributed by atoms with Crippen LogP contribution in [0.5, 0.6) is 0 Å². The first kappa shape index (κ1) is 16.5.